The summed E-state index contributed by atoms with van der Waals surface area (Å²) in [6, 6.07) is 22.2. The second-order valence-corrected chi connectivity index (χ2v) is 16.6. The summed E-state index contributed by atoms with van der Waals surface area (Å²) >= 11 is 0. The SMILES string of the molecule is N#Cc1cnn2c(N[C@@H]3CCC4=C(C3)c3ccccc3C4)nc(-c3cncc(F)c3)nc12.NC(=O)c1cnn2c(N[C@@H]3CCC4=C(C3)c3ccccc3C4)nc(-c3cncc(F)c3)nc12. The minimum atomic E-state index is -0.645. The average molecular weight is 865 g/mol. The molecule has 0 radical (unpaired) electrons. The van der Waals surface area contributed by atoms with Gasteiger partial charge in [-0.3, -0.25) is 14.8 Å². The summed E-state index contributed by atoms with van der Waals surface area (Å²) in [5, 5.41) is 25.1. The number of nitrogens with zero attached hydrogens (tertiary/aromatic N) is 11. The zero-order chi connectivity index (χ0) is 44.2. The van der Waals surface area contributed by atoms with Crippen LogP contribution in [0.3, 0.4) is 0 Å². The smallest absolute Gasteiger partial charge is 0.254 e. The third kappa shape index (κ3) is 7.38. The number of hydrogen-bond donors (Lipinski definition) is 3. The fourth-order valence-electron chi connectivity index (χ4n) is 9.51. The molecule has 0 saturated heterocycles. The summed E-state index contributed by atoms with van der Waals surface area (Å²) in [6.45, 7) is 0. The van der Waals surface area contributed by atoms with E-state index in [-0.39, 0.29) is 29.1 Å². The number of primary amides is 1. The molecular weight excluding hydrogens is 827 g/mol. The number of halogens is 2. The van der Waals surface area contributed by atoms with Crippen LogP contribution in [0.15, 0.2) is 109 Å². The number of pyridine rings is 2. The number of anilines is 2. The highest BCUT2D eigenvalue weighted by atomic mass is 19.1. The highest BCUT2D eigenvalue weighted by Crippen LogP contribution is 2.43. The van der Waals surface area contributed by atoms with Crippen molar-refractivity contribution >= 4 is 40.2 Å². The van der Waals surface area contributed by atoms with Crippen molar-refractivity contribution in [3.8, 4) is 28.8 Å². The van der Waals surface area contributed by atoms with E-state index in [1.165, 1.54) is 86.0 Å². The fraction of sp³-hybridized carbons (Fsp3) is 0.208. The first-order valence-corrected chi connectivity index (χ1v) is 21.3. The van der Waals surface area contributed by atoms with Crippen molar-refractivity contribution < 1.29 is 13.6 Å². The van der Waals surface area contributed by atoms with Crippen molar-refractivity contribution in [3.05, 3.63) is 154 Å². The van der Waals surface area contributed by atoms with E-state index in [9.17, 15) is 18.8 Å². The van der Waals surface area contributed by atoms with Gasteiger partial charge in [-0.2, -0.15) is 34.5 Å². The molecule has 12 rings (SSSR count). The molecule has 6 heterocycles. The number of hydrogen-bond acceptors (Lipinski definition) is 12. The maximum Gasteiger partial charge on any atom is 0.254 e. The first-order valence-electron chi connectivity index (χ1n) is 21.3. The van der Waals surface area contributed by atoms with Gasteiger partial charge in [0.25, 0.3) is 5.91 Å². The summed E-state index contributed by atoms with van der Waals surface area (Å²) in [4.78, 5) is 37.9. The van der Waals surface area contributed by atoms with Crippen LogP contribution in [-0.4, -0.2) is 67.1 Å². The van der Waals surface area contributed by atoms with E-state index < -0.39 is 17.5 Å². The Labute approximate surface area is 369 Å². The molecule has 0 spiro atoms. The van der Waals surface area contributed by atoms with Gasteiger partial charge in [-0.05, 0) is 96.9 Å². The zero-order valence-corrected chi connectivity index (χ0v) is 34.7. The molecule has 0 bridgehead atoms. The Kier molecular flexibility index (Phi) is 9.82. The number of nitrogens with two attached hydrogens (primary N) is 1. The van der Waals surface area contributed by atoms with E-state index in [4.69, 9.17) is 5.73 Å². The third-order valence-electron chi connectivity index (χ3n) is 12.6. The van der Waals surface area contributed by atoms with Gasteiger partial charge in [0.15, 0.2) is 22.9 Å². The molecule has 65 heavy (non-hydrogen) atoms. The van der Waals surface area contributed by atoms with Crippen molar-refractivity contribution in [2.75, 3.05) is 10.6 Å². The average Bonchev–Trinajstić information content (AvgIpc) is 4.12. The van der Waals surface area contributed by atoms with Gasteiger partial charge in [0, 0.05) is 35.6 Å². The lowest BCUT2D eigenvalue weighted by Gasteiger charge is -2.26. The summed E-state index contributed by atoms with van der Waals surface area (Å²) in [5.41, 5.74) is 18.8. The quantitative estimate of drug-likeness (QED) is 0.142. The Balaban J connectivity index is 0.000000144. The number of fused-ring (bicyclic) bond motifs is 6. The zero-order valence-electron chi connectivity index (χ0n) is 34.7. The maximum atomic E-state index is 13.8. The van der Waals surface area contributed by atoms with Gasteiger partial charge in [0.05, 0.1) is 24.8 Å². The number of nitriles is 1. The van der Waals surface area contributed by atoms with E-state index in [1.54, 1.807) is 4.52 Å². The van der Waals surface area contributed by atoms with Crippen LogP contribution in [0, 0.1) is 23.0 Å². The molecule has 6 aromatic heterocycles. The number of rotatable bonds is 7. The van der Waals surface area contributed by atoms with Crippen molar-refractivity contribution in [1.82, 2.24) is 49.1 Å². The number of carbonyl (C=O) groups excluding carboxylic acids is 1. The van der Waals surface area contributed by atoms with Crippen LogP contribution in [0.5, 0.6) is 0 Å². The molecular formula is C48H38F2N14O. The van der Waals surface area contributed by atoms with Gasteiger partial charge in [-0.25, -0.2) is 18.7 Å². The summed E-state index contributed by atoms with van der Waals surface area (Å²) in [6.07, 6.45) is 15.8. The summed E-state index contributed by atoms with van der Waals surface area (Å²) in [7, 11) is 0. The second-order valence-electron chi connectivity index (χ2n) is 16.6. The van der Waals surface area contributed by atoms with E-state index in [2.05, 4.69) is 105 Å². The van der Waals surface area contributed by atoms with E-state index in [0.717, 1.165) is 63.8 Å². The Hall–Kier alpha value is -8.26. The first kappa shape index (κ1) is 39.6. The molecule has 0 unspecified atom stereocenters. The number of aromatic nitrogens is 10. The molecule has 4 N–H and O–H groups in total. The molecule has 4 aliphatic rings. The van der Waals surface area contributed by atoms with Gasteiger partial charge < -0.3 is 16.4 Å². The van der Waals surface area contributed by atoms with Gasteiger partial charge in [0.2, 0.25) is 11.9 Å². The molecule has 17 heteroatoms. The highest BCUT2D eigenvalue weighted by molar-refractivity contribution is 5.98. The van der Waals surface area contributed by atoms with E-state index in [0.29, 0.717) is 40.1 Å². The lowest BCUT2D eigenvalue weighted by Crippen LogP contribution is -2.25. The minimum absolute atomic E-state index is 0.118. The Morgan fingerprint density at radius 2 is 1.18 bits per heavy atom. The van der Waals surface area contributed by atoms with Crippen LogP contribution in [-0.2, 0) is 12.8 Å². The van der Waals surface area contributed by atoms with Crippen LogP contribution in [0.25, 0.3) is 45.2 Å². The lowest BCUT2D eigenvalue weighted by atomic mass is 9.88. The molecule has 8 aromatic rings. The van der Waals surface area contributed by atoms with Gasteiger partial charge in [-0.1, -0.05) is 59.7 Å². The Bertz CT molecular complexity index is 3350. The van der Waals surface area contributed by atoms with Crippen LogP contribution < -0.4 is 16.4 Å². The number of nitrogens with one attached hydrogen (secondary N) is 2. The standard InChI is InChI=1S/C24H20FN7O.C24H18FN7/c25-16-8-15(10-27-11-16)22-30-23-20(21(26)33)12-28-32(23)24(31-22)29-17-6-5-14-7-13-3-1-2-4-18(13)19(14)9-17;25-18-8-16(11-27-13-18)22-30-23-17(10-26)12-28-32(23)24(31-22)29-19-6-5-15-7-14-3-1-2-4-20(14)21(15)9-19/h1-4,8,10-12,17H,5-7,9H2,(H2,26,33)(H,29,30,31);1-4,8,11-13,19H,5-7,9H2,(H,29,30,31)/t17-;19-/m11/s1. The molecule has 0 saturated carbocycles. The molecule has 1 amide bonds. The van der Waals surface area contributed by atoms with E-state index in [1.807, 2.05) is 0 Å². The van der Waals surface area contributed by atoms with Crippen molar-refractivity contribution in [3.63, 3.8) is 0 Å². The van der Waals surface area contributed by atoms with Crippen LogP contribution in [0.1, 0.15) is 76.7 Å². The lowest BCUT2D eigenvalue weighted by molar-refractivity contribution is 0.100. The van der Waals surface area contributed by atoms with Crippen LogP contribution in [0.4, 0.5) is 20.7 Å². The fourth-order valence-corrected chi connectivity index (χ4v) is 9.51. The third-order valence-corrected chi connectivity index (χ3v) is 12.6. The molecule has 4 aliphatic carbocycles. The number of benzene rings is 2. The van der Waals surface area contributed by atoms with E-state index >= 15 is 0 Å². The highest BCUT2D eigenvalue weighted by Gasteiger charge is 2.31. The van der Waals surface area contributed by atoms with Crippen LogP contribution >= 0.6 is 0 Å². The van der Waals surface area contributed by atoms with Gasteiger partial charge in [0.1, 0.15) is 28.8 Å². The molecule has 320 valence electrons. The molecule has 0 aliphatic heterocycles. The number of amides is 1. The predicted molar refractivity (Wildman–Crippen MR) is 238 cm³/mol. The van der Waals surface area contributed by atoms with Gasteiger partial charge >= 0.3 is 0 Å². The second kappa shape index (κ2) is 16.1. The Morgan fingerprint density at radius 1 is 0.677 bits per heavy atom. The van der Waals surface area contributed by atoms with Gasteiger partial charge in [-0.15, -0.1) is 0 Å². The van der Waals surface area contributed by atoms with Crippen molar-refractivity contribution in [2.24, 2.45) is 5.73 Å². The minimum Gasteiger partial charge on any atom is -0.365 e. The number of carbonyl (C=O) groups is 1. The monoisotopic (exact) mass is 864 g/mol. The molecule has 2 aromatic carbocycles. The molecule has 2 atom stereocenters. The summed E-state index contributed by atoms with van der Waals surface area (Å²) < 4.78 is 30.6. The normalized spacial score (nSPS) is 17.2. The molecule has 15 nitrogen and oxygen atoms in total. The molecule has 0 fully saturated rings. The predicted octanol–water partition coefficient (Wildman–Crippen LogP) is 7.57. The number of allylic oxidation sites excluding steroid dienone is 2. The topological polar surface area (TPSA) is 203 Å². The Morgan fingerprint density at radius 3 is 1.71 bits per heavy atom. The largest absolute Gasteiger partial charge is 0.365 e. The summed E-state index contributed by atoms with van der Waals surface area (Å²) in [5.74, 6) is -0.175. The maximum absolute atomic E-state index is 13.8. The first-order chi connectivity index (χ1) is 31.8. The van der Waals surface area contributed by atoms with Crippen molar-refractivity contribution in [1.29, 1.82) is 5.26 Å². The van der Waals surface area contributed by atoms with Crippen molar-refractivity contribution in [2.45, 2.75) is 63.5 Å². The van der Waals surface area contributed by atoms with Crippen LogP contribution in [0.2, 0.25) is 0 Å².